The third-order valence-electron chi connectivity index (χ3n) is 2.99. The van der Waals surface area contributed by atoms with Gasteiger partial charge in [-0.1, -0.05) is 6.92 Å². The monoisotopic (exact) mass is 236 g/mol. The number of rotatable bonds is 6. The number of methoxy groups -OCH3 is 1. The fourth-order valence-corrected chi connectivity index (χ4v) is 2.03. The molecule has 0 aliphatic rings. The van der Waals surface area contributed by atoms with Crippen LogP contribution >= 0.6 is 0 Å². The molecule has 1 unspecified atom stereocenters. The largest absolute Gasteiger partial charge is 0.496 e. The first kappa shape index (κ1) is 14.0. The van der Waals surface area contributed by atoms with Crippen LogP contribution in [-0.4, -0.2) is 24.7 Å². The maximum Gasteiger partial charge on any atom is 0.128 e. The van der Waals surface area contributed by atoms with Gasteiger partial charge >= 0.3 is 0 Å². The van der Waals surface area contributed by atoms with Crippen molar-refractivity contribution in [2.24, 2.45) is 0 Å². The Hall–Kier alpha value is -1.09. The number of ether oxygens (including phenoxy) is 1. The van der Waals surface area contributed by atoms with Crippen molar-refractivity contribution in [3.05, 3.63) is 23.0 Å². The maximum atomic E-state index is 5.42. The minimum atomic E-state index is 0.452. The predicted octanol–water partition coefficient (Wildman–Crippen LogP) is 2.64. The molecule has 0 amide bonds. The molecule has 3 heteroatoms. The summed E-state index contributed by atoms with van der Waals surface area (Å²) < 4.78 is 5.42. The Kier molecular flexibility index (Phi) is 5.42. The molecule has 0 saturated heterocycles. The first-order chi connectivity index (χ1) is 8.10. The Balaban J connectivity index is 2.78. The highest BCUT2D eigenvalue weighted by Gasteiger charge is 2.11. The van der Waals surface area contributed by atoms with Gasteiger partial charge < -0.3 is 10.1 Å². The van der Waals surface area contributed by atoms with Gasteiger partial charge in [0, 0.05) is 35.5 Å². The highest BCUT2D eigenvalue weighted by atomic mass is 16.5. The SMILES string of the molecule is CCCNC(C)Cc1ncc(C)c(OC)c1C. The molecule has 1 N–H and O–H groups in total. The fraction of sp³-hybridized carbons (Fsp3) is 0.643. The molecule has 96 valence electrons. The fourth-order valence-electron chi connectivity index (χ4n) is 2.03. The zero-order valence-electron chi connectivity index (χ0n) is 11.6. The molecule has 17 heavy (non-hydrogen) atoms. The first-order valence-corrected chi connectivity index (χ1v) is 6.32. The van der Waals surface area contributed by atoms with E-state index in [2.05, 4.69) is 31.1 Å². The van der Waals surface area contributed by atoms with E-state index in [0.29, 0.717) is 6.04 Å². The second kappa shape index (κ2) is 6.60. The summed E-state index contributed by atoms with van der Waals surface area (Å²) in [6.07, 6.45) is 4.00. The van der Waals surface area contributed by atoms with E-state index in [1.807, 2.05) is 13.1 Å². The van der Waals surface area contributed by atoms with Gasteiger partial charge in [0.05, 0.1) is 7.11 Å². The van der Waals surface area contributed by atoms with E-state index in [0.717, 1.165) is 42.0 Å². The maximum absolute atomic E-state index is 5.42. The Bertz CT molecular complexity index is 363. The van der Waals surface area contributed by atoms with Gasteiger partial charge in [-0.15, -0.1) is 0 Å². The topological polar surface area (TPSA) is 34.2 Å². The highest BCUT2D eigenvalue weighted by Crippen LogP contribution is 2.24. The summed E-state index contributed by atoms with van der Waals surface area (Å²) in [5, 5.41) is 3.48. The number of hydrogen-bond donors (Lipinski definition) is 1. The average molecular weight is 236 g/mol. The van der Waals surface area contributed by atoms with Crippen LogP contribution in [0, 0.1) is 13.8 Å². The summed E-state index contributed by atoms with van der Waals surface area (Å²) in [5.41, 5.74) is 3.39. The number of pyridine rings is 1. The molecule has 0 bridgehead atoms. The van der Waals surface area contributed by atoms with Gasteiger partial charge in [0.1, 0.15) is 5.75 Å². The number of nitrogens with zero attached hydrogens (tertiary/aromatic N) is 1. The molecule has 1 rings (SSSR count). The quantitative estimate of drug-likeness (QED) is 0.824. The summed E-state index contributed by atoms with van der Waals surface area (Å²) >= 11 is 0. The van der Waals surface area contributed by atoms with Crippen LogP contribution < -0.4 is 10.1 Å². The summed E-state index contributed by atoms with van der Waals surface area (Å²) in [6.45, 7) is 9.55. The number of aromatic nitrogens is 1. The van der Waals surface area contributed by atoms with Crippen molar-refractivity contribution in [3.8, 4) is 5.75 Å². The zero-order chi connectivity index (χ0) is 12.8. The van der Waals surface area contributed by atoms with Gasteiger partial charge in [-0.05, 0) is 33.7 Å². The van der Waals surface area contributed by atoms with E-state index in [9.17, 15) is 0 Å². The van der Waals surface area contributed by atoms with Gasteiger partial charge in [-0.2, -0.15) is 0 Å². The van der Waals surface area contributed by atoms with Crippen LogP contribution in [0.2, 0.25) is 0 Å². The van der Waals surface area contributed by atoms with Gasteiger partial charge in [0.25, 0.3) is 0 Å². The third kappa shape index (κ3) is 3.70. The lowest BCUT2D eigenvalue weighted by atomic mass is 10.1. The Morgan fingerprint density at radius 3 is 2.71 bits per heavy atom. The summed E-state index contributed by atoms with van der Waals surface area (Å²) in [5.74, 6) is 0.970. The van der Waals surface area contributed by atoms with Crippen molar-refractivity contribution in [2.45, 2.75) is 46.6 Å². The van der Waals surface area contributed by atoms with Crippen molar-refractivity contribution in [1.29, 1.82) is 0 Å². The van der Waals surface area contributed by atoms with Crippen LogP contribution in [0.15, 0.2) is 6.20 Å². The number of aryl methyl sites for hydroxylation is 1. The molecule has 0 saturated carbocycles. The van der Waals surface area contributed by atoms with Gasteiger partial charge in [-0.25, -0.2) is 0 Å². The van der Waals surface area contributed by atoms with Crippen LogP contribution in [0.4, 0.5) is 0 Å². The third-order valence-corrected chi connectivity index (χ3v) is 2.99. The van der Waals surface area contributed by atoms with E-state index in [4.69, 9.17) is 4.74 Å². The van der Waals surface area contributed by atoms with Gasteiger partial charge in [0.2, 0.25) is 0 Å². The van der Waals surface area contributed by atoms with E-state index < -0.39 is 0 Å². The zero-order valence-corrected chi connectivity index (χ0v) is 11.6. The Labute approximate surface area is 105 Å². The summed E-state index contributed by atoms with van der Waals surface area (Å²) in [6, 6.07) is 0.452. The minimum absolute atomic E-state index is 0.452. The molecule has 3 nitrogen and oxygen atoms in total. The van der Waals surface area contributed by atoms with E-state index in [1.54, 1.807) is 7.11 Å². The van der Waals surface area contributed by atoms with Crippen molar-refractivity contribution in [3.63, 3.8) is 0 Å². The molecule has 0 aliphatic carbocycles. The Morgan fingerprint density at radius 1 is 1.41 bits per heavy atom. The van der Waals surface area contributed by atoms with Gasteiger partial charge in [0.15, 0.2) is 0 Å². The molecule has 0 spiro atoms. The highest BCUT2D eigenvalue weighted by molar-refractivity contribution is 5.41. The molecular formula is C14H24N2O. The minimum Gasteiger partial charge on any atom is -0.496 e. The molecule has 0 radical (unpaired) electrons. The van der Waals surface area contributed by atoms with Crippen molar-refractivity contribution >= 4 is 0 Å². The average Bonchev–Trinajstić information content (AvgIpc) is 2.31. The first-order valence-electron chi connectivity index (χ1n) is 6.32. The molecule has 1 atom stereocenters. The van der Waals surface area contributed by atoms with Crippen molar-refractivity contribution in [1.82, 2.24) is 10.3 Å². The molecule has 1 heterocycles. The number of hydrogen-bond acceptors (Lipinski definition) is 3. The molecule has 0 aromatic carbocycles. The van der Waals surface area contributed by atoms with E-state index >= 15 is 0 Å². The van der Waals surface area contributed by atoms with Crippen LogP contribution in [0.1, 0.15) is 37.1 Å². The smallest absolute Gasteiger partial charge is 0.128 e. The molecular weight excluding hydrogens is 212 g/mol. The van der Waals surface area contributed by atoms with Crippen LogP contribution in [-0.2, 0) is 6.42 Å². The Morgan fingerprint density at radius 2 is 2.12 bits per heavy atom. The van der Waals surface area contributed by atoms with Gasteiger partial charge in [-0.3, -0.25) is 4.98 Å². The second-order valence-corrected chi connectivity index (χ2v) is 4.61. The second-order valence-electron chi connectivity index (χ2n) is 4.61. The normalized spacial score (nSPS) is 12.5. The predicted molar refractivity (Wildman–Crippen MR) is 71.7 cm³/mol. The van der Waals surface area contributed by atoms with E-state index in [1.165, 1.54) is 0 Å². The molecule has 1 aromatic rings. The van der Waals surface area contributed by atoms with Crippen molar-refractivity contribution < 1.29 is 4.74 Å². The van der Waals surface area contributed by atoms with Crippen LogP contribution in [0.25, 0.3) is 0 Å². The molecule has 0 fully saturated rings. The van der Waals surface area contributed by atoms with E-state index in [-0.39, 0.29) is 0 Å². The van der Waals surface area contributed by atoms with Crippen molar-refractivity contribution in [2.75, 3.05) is 13.7 Å². The van der Waals surface area contributed by atoms with Crippen LogP contribution in [0.5, 0.6) is 5.75 Å². The standard InChI is InChI=1S/C14H24N2O/c1-6-7-15-11(3)8-13-12(4)14(17-5)10(2)9-16-13/h9,11,15H,6-8H2,1-5H3. The summed E-state index contributed by atoms with van der Waals surface area (Å²) in [4.78, 5) is 4.51. The lowest BCUT2D eigenvalue weighted by Gasteiger charge is -2.16. The summed E-state index contributed by atoms with van der Waals surface area (Å²) in [7, 11) is 1.72. The molecule has 1 aromatic heterocycles. The lowest BCUT2D eigenvalue weighted by Crippen LogP contribution is -2.29. The number of nitrogens with one attached hydrogen (secondary N) is 1. The molecule has 0 aliphatic heterocycles. The van der Waals surface area contributed by atoms with Crippen LogP contribution in [0.3, 0.4) is 0 Å². The lowest BCUT2D eigenvalue weighted by molar-refractivity contribution is 0.406.